The molecule has 2 unspecified atom stereocenters. The summed E-state index contributed by atoms with van der Waals surface area (Å²) >= 11 is 0. The van der Waals surface area contributed by atoms with Gasteiger partial charge in [-0.3, -0.25) is 0 Å². The highest BCUT2D eigenvalue weighted by molar-refractivity contribution is 6.92. The first-order valence-corrected chi connectivity index (χ1v) is 44.5. The standard InChI is InChI=1S/C36H82O10Si8/c1-20-29-38-34(37)33(32-36(27-22-24-31-40-36)54(44-50(11,12)13,45-51(14,15)16)46-52(17,18)19)25-28-35(26-21-23-30-39-35)53(41-47(2,3)4,42-48(5,6)7)43-49(8,9)10/h25H,20-24,26-32H2,1-19H3. The predicted octanol–water partition coefficient (Wildman–Crippen LogP) is 10.6. The van der Waals surface area contributed by atoms with Crippen LogP contribution >= 0.6 is 0 Å². The van der Waals surface area contributed by atoms with Gasteiger partial charge in [-0.15, -0.1) is 0 Å². The molecule has 2 fully saturated rings. The van der Waals surface area contributed by atoms with Gasteiger partial charge in [-0.05, 0) is 169 Å². The maximum atomic E-state index is 14.5. The largest absolute Gasteiger partial charge is 0.503 e. The monoisotopic (exact) mass is 898 g/mol. The van der Waals surface area contributed by atoms with Crippen molar-refractivity contribution < 1.29 is 43.7 Å². The molecule has 0 amide bonds. The Kier molecular flexibility index (Phi) is 17.8. The zero-order valence-electron chi connectivity index (χ0n) is 38.1. The van der Waals surface area contributed by atoms with Gasteiger partial charge in [0.15, 0.2) is 49.9 Å². The Morgan fingerprint density at radius 3 is 1.17 bits per heavy atom. The van der Waals surface area contributed by atoms with E-state index in [1.165, 1.54) is 0 Å². The number of carbonyl (C=O) groups excluding carboxylic acids is 1. The Morgan fingerprint density at radius 1 is 0.537 bits per heavy atom. The van der Waals surface area contributed by atoms with E-state index < -0.39 is 78.0 Å². The molecule has 54 heavy (non-hydrogen) atoms. The van der Waals surface area contributed by atoms with E-state index in [1.807, 2.05) is 6.92 Å². The van der Waals surface area contributed by atoms with Crippen molar-refractivity contribution >= 4 is 73.5 Å². The van der Waals surface area contributed by atoms with Crippen LogP contribution in [0, 0.1) is 0 Å². The van der Waals surface area contributed by atoms with Gasteiger partial charge in [-0.1, -0.05) is 13.0 Å². The molecule has 0 aromatic rings. The lowest BCUT2D eigenvalue weighted by atomic mass is 9.97. The maximum Gasteiger partial charge on any atom is 0.503 e. The summed E-state index contributed by atoms with van der Waals surface area (Å²) < 4.78 is 64.2. The van der Waals surface area contributed by atoms with Crippen LogP contribution in [-0.4, -0.2) is 104 Å². The van der Waals surface area contributed by atoms with E-state index in [2.05, 4.69) is 124 Å². The molecule has 0 N–H and O–H groups in total. The molecule has 318 valence electrons. The van der Waals surface area contributed by atoms with Crippen LogP contribution in [0.5, 0.6) is 0 Å². The molecule has 0 aromatic carbocycles. The normalized spacial score (nSPS) is 23.4. The molecule has 10 nitrogen and oxygen atoms in total. The predicted molar refractivity (Wildman–Crippen MR) is 242 cm³/mol. The van der Waals surface area contributed by atoms with Crippen molar-refractivity contribution in [1.29, 1.82) is 0 Å². The molecular formula is C36H82O10Si8. The second-order valence-corrected chi connectivity index (χ2v) is 55.5. The SMILES string of the molecule is CCCOC(=O)C(=CCC1([Si](O[Si](C)(C)C)(O[Si](C)(C)C)O[Si](C)(C)C)CCCCO1)CC1([Si](O[Si](C)(C)C)(O[Si](C)(C)C)O[Si](C)(C)C)CCCCO1. The lowest BCUT2D eigenvalue weighted by Crippen LogP contribution is -2.74. The zero-order valence-corrected chi connectivity index (χ0v) is 46.1. The highest BCUT2D eigenvalue weighted by Crippen LogP contribution is 2.47. The average Bonchev–Trinajstić information content (AvgIpc) is 2.93. The Morgan fingerprint density at radius 2 is 0.870 bits per heavy atom. The number of carbonyl (C=O) groups is 1. The van der Waals surface area contributed by atoms with Gasteiger partial charge in [0.1, 0.15) is 10.4 Å². The number of hydrogen-bond donors (Lipinski definition) is 0. The zero-order chi connectivity index (χ0) is 41.7. The van der Waals surface area contributed by atoms with E-state index in [0.717, 1.165) is 38.5 Å². The molecule has 2 rings (SSSR count). The van der Waals surface area contributed by atoms with E-state index >= 15 is 0 Å². The molecule has 2 saturated heterocycles. The van der Waals surface area contributed by atoms with Crippen molar-refractivity contribution in [2.24, 2.45) is 0 Å². The summed E-state index contributed by atoms with van der Waals surface area (Å²) in [5.41, 5.74) is 0.546. The minimum Gasteiger partial charge on any atom is -0.462 e. The molecule has 0 saturated carbocycles. The van der Waals surface area contributed by atoms with E-state index in [9.17, 15) is 4.79 Å². The molecule has 2 aliphatic rings. The van der Waals surface area contributed by atoms with Gasteiger partial charge in [-0.2, -0.15) is 0 Å². The topological polar surface area (TPSA) is 100 Å². The Hall–Kier alpha value is 0.625. The van der Waals surface area contributed by atoms with Crippen molar-refractivity contribution in [3.05, 3.63) is 11.6 Å². The fourth-order valence-electron chi connectivity index (χ4n) is 6.93. The minimum absolute atomic E-state index is 0.268. The van der Waals surface area contributed by atoms with Gasteiger partial charge < -0.3 is 38.9 Å². The van der Waals surface area contributed by atoms with E-state index in [1.54, 1.807) is 0 Å². The van der Waals surface area contributed by atoms with Crippen LogP contribution in [0.25, 0.3) is 0 Å². The first-order chi connectivity index (χ1) is 24.2. The van der Waals surface area contributed by atoms with Crippen LogP contribution in [0.2, 0.25) is 118 Å². The van der Waals surface area contributed by atoms with Crippen LogP contribution in [0.1, 0.15) is 64.7 Å². The summed E-state index contributed by atoms with van der Waals surface area (Å²) in [5, 5.41) is -1.83. The molecule has 0 aromatic heterocycles. The number of hydrogen-bond acceptors (Lipinski definition) is 10. The summed E-state index contributed by atoms with van der Waals surface area (Å²) in [6.45, 7) is 43.1. The smallest absolute Gasteiger partial charge is 0.462 e. The number of esters is 1. The van der Waals surface area contributed by atoms with E-state index in [-0.39, 0.29) is 12.4 Å². The van der Waals surface area contributed by atoms with Crippen LogP contribution in [0.4, 0.5) is 0 Å². The molecule has 0 spiro atoms. The fourth-order valence-corrected chi connectivity index (χ4v) is 36.3. The number of ether oxygens (including phenoxy) is 3. The van der Waals surface area contributed by atoms with Crippen molar-refractivity contribution in [3.8, 4) is 0 Å². The molecule has 2 atom stereocenters. The summed E-state index contributed by atoms with van der Waals surface area (Å²) in [5.74, 6) is -0.344. The number of rotatable bonds is 21. The van der Waals surface area contributed by atoms with Crippen LogP contribution < -0.4 is 0 Å². The first kappa shape index (κ1) is 50.8. The fraction of sp³-hybridized carbons (Fsp3) is 0.917. The quantitative estimate of drug-likeness (QED) is 0.0629. The third kappa shape index (κ3) is 16.0. The van der Waals surface area contributed by atoms with Crippen molar-refractivity contribution in [2.75, 3.05) is 19.8 Å². The average molecular weight is 900 g/mol. The second-order valence-electron chi connectivity index (χ2n) is 21.2. The highest BCUT2D eigenvalue weighted by Gasteiger charge is 2.68. The van der Waals surface area contributed by atoms with E-state index in [4.69, 9.17) is 38.9 Å². The molecule has 2 aliphatic heterocycles. The summed E-state index contributed by atoms with van der Waals surface area (Å²) in [7, 11) is -20.9. The molecule has 0 radical (unpaired) electrons. The maximum absolute atomic E-state index is 14.5. The van der Waals surface area contributed by atoms with Gasteiger partial charge in [0.2, 0.25) is 0 Å². The molecule has 0 bridgehead atoms. The highest BCUT2D eigenvalue weighted by atomic mass is 28.5. The summed E-state index contributed by atoms with van der Waals surface area (Å²) in [4.78, 5) is 14.5. The van der Waals surface area contributed by atoms with Crippen LogP contribution in [-0.2, 0) is 43.7 Å². The lowest BCUT2D eigenvalue weighted by Gasteiger charge is -2.54. The van der Waals surface area contributed by atoms with Gasteiger partial charge in [0.25, 0.3) is 0 Å². The van der Waals surface area contributed by atoms with E-state index in [0.29, 0.717) is 38.2 Å². The van der Waals surface area contributed by atoms with Gasteiger partial charge >= 0.3 is 23.6 Å². The summed E-state index contributed by atoms with van der Waals surface area (Å²) in [6, 6.07) is 0. The Balaban J connectivity index is 3.02. The second kappa shape index (κ2) is 18.9. The van der Waals surface area contributed by atoms with Crippen molar-refractivity contribution in [2.45, 2.75) is 193 Å². The van der Waals surface area contributed by atoms with Gasteiger partial charge in [0, 0.05) is 25.2 Å². The van der Waals surface area contributed by atoms with Gasteiger partial charge in [0.05, 0.1) is 6.61 Å². The molecule has 18 heteroatoms. The minimum atomic E-state index is -3.68. The van der Waals surface area contributed by atoms with Crippen LogP contribution in [0.3, 0.4) is 0 Å². The van der Waals surface area contributed by atoms with Gasteiger partial charge in [-0.25, -0.2) is 4.79 Å². The summed E-state index contributed by atoms with van der Waals surface area (Å²) in [6.07, 6.45) is 8.62. The van der Waals surface area contributed by atoms with Crippen LogP contribution in [0.15, 0.2) is 11.6 Å². The third-order valence-electron chi connectivity index (χ3n) is 8.32. The van der Waals surface area contributed by atoms with Crippen molar-refractivity contribution in [1.82, 2.24) is 0 Å². The Bertz CT molecular complexity index is 1150. The lowest BCUT2D eigenvalue weighted by molar-refractivity contribution is -0.140. The molecular weight excluding hydrogens is 817 g/mol. The molecule has 0 aliphatic carbocycles. The van der Waals surface area contributed by atoms with Crippen molar-refractivity contribution in [3.63, 3.8) is 0 Å². The third-order valence-corrected chi connectivity index (χ3v) is 32.9. The Labute approximate surface area is 340 Å². The molecule has 2 heterocycles. The first-order valence-electron chi connectivity index (χ1n) is 20.6.